The third-order valence-corrected chi connectivity index (χ3v) is 4.98. The van der Waals surface area contributed by atoms with Gasteiger partial charge in [0, 0.05) is 25.3 Å². The maximum Gasteiger partial charge on any atom is 0.317 e. The van der Waals surface area contributed by atoms with Crippen LogP contribution in [0.1, 0.15) is 32.3 Å². The van der Waals surface area contributed by atoms with Crippen molar-refractivity contribution in [1.82, 2.24) is 10.2 Å². The van der Waals surface area contributed by atoms with Gasteiger partial charge in [-0.05, 0) is 42.5 Å². The highest BCUT2D eigenvalue weighted by molar-refractivity contribution is 6.07. The van der Waals surface area contributed by atoms with E-state index in [1.165, 1.54) is 0 Å². The van der Waals surface area contributed by atoms with Gasteiger partial charge in [-0.15, -0.1) is 0 Å². The Kier molecular flexibility index (Phi) is 4.39. The molecule has 1 fully saturated rings. The number of rotatable bonds is 4. The lowest BCUT2D eigenvalue weighted by Gasteiger charge is -2.23. The average Bonchev–Trinajstić information content (AvgIpc) is 3.11. The van der Waals surface area contributed by atoms with Crippen molar-refractivity contribution in [3.8, 4) is 5.75 Å². The molecule has 130 valence electrons. The van der Waals surface area contributed by atoms with E-state index in [0.717, 1.165) is 23.4 Å². The number of nitrogens with one attached hydrogen (secondary N) is 2. The van der Waals surface area contributed by atoms with Crippen LogP contribution in [0, 0.1) is 5.92 Å². The number of likely N-dealkylation sites (tertiary alicyclic amines) is 1. The minimum atomic E-state index is -0.654. The first-order chi connectivity index (χ1) is 11.5. The van der Waals surface area contributed by atoms with Gasteiger partial charge in [-0.25, -0.2) is 4.79 Å². The highest BCUT2D eigenvalue weighted by atomic mass is 16.5. The summed E-state index contributed by atoms with van der Waals surface area (Å²) in [6, 6.07) is 5.53. The van der Waals surface area contributed by atoms with Gasteiger partial charge in [0.2, 0.25) is 5.91 Å². The minimum Gasteiger partial charge on any atom is -0.497 e. The topological polar surface area (TPSA) is 70.7 Å². The quantitative estimate of drug-likeness (QED) is 0.890. The number of ether oxygens (including phenoxy) is 1. The van der Waals surface area contributed by atoms with Crippen molar-refractivity contribution < 1.29 is 14.3 Å². The molecule has 0 saturated carbocycles. The van der Waals surface area contributed by atoms with Crippen LogP contribution < -0.4 is 15.4 Å². The Morgan fingerprint density at radius 3 is 2.96 bits per heavy atom. The van der Waals surface area contributed by atoms with Crippen molar-refractivity contribution in [1.29, 1.82) is 0 Å². The van der Waals surface area contributed by atoms with E-state index in [2.05, 4.69) is 24.5 Å². The molecule has 1 aromatic carbocycles. The standard InChI is InChI=1S/C18H25N3O3/c1-12(2)6-8-19-17(23)21-9-7-18(11-21)14-10-13(24-3)4-5-15(14)20-16(18)22/h4-5,10,12H,6-9,11H2,1-3H3,(H,19,23)(H,20,22)/t18-/m0/s1. The molecular formula is C18H25N3O3. The number of nitrogens with zero attached hydrogens (tertiary/aromatic N) is 1. The molecule has 2 aliphatic heterocycles. The van der Waals surface area contributed by atoms with E-state index in [4.69, 9.17) is 4.74 Å². The minimum absolute atomic E-state index is 0.0248. The monoisotopic (exact) mass is 331 g/mol. The molecule has 2 aliphatic rings. The van der Waals surface area contributed by atoms with Crippen LogP contribution in [0.4, 0.5) is 10.5 Å². The summed E-state index contributed by atoms with van der Waals surface area (Å²) < 4.78 is 5.30. The summed E-state index contributed by atoms with van der Waals surface area (Å²) in [6.07, 6.45) is 1.59. The molecule has 0 bridgehead atoms. The number of hydrogen-bond donors (Lipinski definition) is 2. The van der Waals surface area contributed by atoms with Crippen LogP contribution in [0.5, 0.6) is 5.75 Å². The van der Waals surface area contributed by atoms with E-state index < -0.39 is 5.41 Å². The number of anilines is 1. The first-order valence-corrected chi connectivity index (χ1v) is 8.49. The Hall–Kier alpha value is -2.24. The molecule has 24 heavy (non-hydrogen) atoms. The van der Waals surface area contributed by atoms with Crippen LogP contribution in [0.25, 0.3) is 0 Å². The molecule has 6 heteroatoms. The van der Waals surface area contributed by atoms with Crippen molar-refractivity contribution in [2.24, 2.45) is 5.92 Å². The van der Waals surface area contributed by atoms with E-state index in [1.807, 2.05) is 18.2 Å². The Balaban J connectivity index is 1.74. The van der Waals surface area contributed by atoms with E-state index in [1.54, 1.807) is 12.0 Å². The Labute approximate surface area is 142 Å². The zero-order valence-corrected chi connectivity index (χ0v) is 14.5. The second-order valence-electron chi connectivity index (χ2n) is 7.03. The Morgan fingerprint density at radius 2 is 2.25 bits per heavy atom. The zero-order chi connectivity index (χ0) is 17.3. The van der Waals surface area contributed by atoms with Crippen LogP contribution in [0.15, 0.2) is 18.2 Å². The number of benzene rings is 1. The third-order valence-electron chi connectivity index (χ3n) is 4.98. The van der Waals surface area contributed by atoms with E-state index >= 15 is 0 Å². The predicted octanol–water partition coefficient (Wildman–Crippen LogP) is 2.35. The number of carbonyl (C=O) groups is 2. The van der Waals surface area contributed by atoms with Gasteiger partial charge in [-0.1, -0.05) is 13.8 Å². The molecule has 0 unspecified atom stereocenters. The molecule has 3 rings (SSSR count). The molecule has 2 heterocycles. The van der Waals surface area contributed by atoms with Gasteiger partial charge in [0.25, 0.3) is 0 Å². The van der Waals surface area contributed by atoms with Crippen molar-refractivity contribution in [3.63, 3.8) is 0 Å². The molecule has 1 saturated heterocycles. The van der Waals surface area contributed by atoms with Crippen LogP contribution in [-0.4, -0.2) is 43.6 Å². The van der Waals surface area contributed by atoms with Gasteiger partial charge in [-0.2, -0.15) is 0 Å². The lowest BCUT2D eigenvalue weighted by Crippen LogP contribution is -2.43. The maximum absolute atomic E-state index is 12.6. The predicted molar refractivity (Wildman–Crippen MR) is 92.3 cm³/mol. The van der Waals surface area contributed by atoms with Crippen LogP contribution >= 0.6 is 0 Å². The number of fused-ring (bicyclic) bond motifs is 2. The highest BCUT2D eigenvalue weighted by Crippen LogP contribution is 2.45. The Morgan fingerprint density at radius 1 is 1.46 bits per heavy atom. The summed E-state index contributed by atoms with van der Waals surface area (Å²) in [5.41, 5.74) is 1.10. The Bertz CT molecular complexity index is 659. The average molecular weight is 331 g/mol. The first-order valence-electron chi connectivity index (χ1n) is 8.49. The van der Waals surface area contributed by atoms with Gasteiger partial charge < -0.3 is 20.3 Å². The van der Waals surface area contributed by atoms with Gasteiger partial charge >= 0.3 is 6.03 Å². The number of methoxy groups -OCH3 is 1. The number of amides is 3. The lowest BCUT2D eigenvalue weighted by atomic mass is 9.81. The number of hydrogen-bond acceptors (Lipinski definition) is 3. The van der Waals surface area contributed by atoms with Gasteiger partial charge in [0.15, 0.2) is 0 Å². The molecule has 1 spiro atoms. The van der Waals surface area contributed by atoms with Crippen molar-refractivity contribution in [2.75, 3.05) is 32.1 Å². The summed E-state index contributed by atoms with van der Waals surface area (Å²) in [5.74, 6) is 1.25. The molecule has 3 amide bonds. The molecule has 0 radical (unpaired) electrons. The summed E-state index contributed by atoms with van der Waals surface area (Å²) in [5, 5.41) is 5.90. The summed E-state index contributed by atoms with van der Waals surface area (Å²) in [4.78, 5) is 26.7. The molecule has 0 aromatic heterocycles. The summed E-state index contributed by atoms with van der Waals surface area (Å²) in [6.45, 7) is 5.91. The van der Waals surface area contributed by atoms with E-state index in [9.17, 15) is 9.59 Å². The lowest BCUT2D eigenvalue weighted by molar-refractivity contribution is -0.120. The van der Waals surface area contributed by atoms with Crippen molar-refractivity contribution in [3.05, 3.63) is 23.8 Å². The van der Waals surface area contributed by atoms with E-state index in [-0.39, 0.29) is 11.9 Å². The second kappa shape index (κ2) is 6.34. The SMILES string of the molecule is COc1ccc2c(c1)[C@@]1(CCN(C(=O)NCCC(C)C)C1)C(=O)N2. The van der Waals surface area contributed by atoms with Crippen molar-refractivity contribution >= 4 is 17.6 Å². The molecule has 2 N–H and O–H groups in total. The van der Waals surface area contributed by atoms with Gasteiger partial charge in [-0.3, -0.25) is 4.79 Å². The fraction of sp³-hybridized carbons (Fsp3) is 0.556. The molecule has 0 aliphatic carbocycles. The summed E-state index contributed by atoms with van der Waals surface area (Å²) in [7, 11) is 1.61. The highest BCUT2D eigenvalue weighted by Gasteiger charge is 2.52. The fourth-order valence-corrected chi connectivity index (χ4v) is 3.49. The second-order valence-corrected chi connectivity index (χ2v) is 7.03. The normalized spacial score (nSPS) is 22.0. The maximum atomic E-state index is 12.6. The summed E-state index contributed by atoms with van der Waals surface area (Å²) >= 11 is 0. The smallest absolute Gasteiger partial charge is 0.317 e. The largest absolute Gasteiger partial charge is 0.497 e. The van der Waals surface area contributed by atoms with Crippen LogP contribution in [-0.2, 0) is 10.2 Å². The number of carbonyl (C=O) groups excluding carboxylic acids is 2. The first kappa shape index (κ1) is 16.6. The molecule has 1 atom stereocenters. The van der Waals surface area contributed by atoms with Crippen LogP contribution in [0.2, 0.25) is 0 Å². The van der Waals surface area contributed by atoms with E-state index in [0.29, 0.717) is 32.0 Å². The molecular weight excluding hydrogens is 306 g/mol. The zero-order valence-electron chi connectivity index (χ0n) is 14.5. The number of urea groups is 1. The molecule has 1 aromatic rings. The third kappa shape index (κ3) is 2.81. The van der Waals surface area contributed by atoms with Crippen LogP contribution in [0.3, 0.4) is 0 Å². The van der Waals surface area contributed by atoms with Crippen molar-refractivity contribution in [2.45, 2.75) is 32.1 Å². The fourth-order valence-electron chi connectivity index (χ4n) is 3.49. The van der Waals surface area contributed by atoms with Gasteiger partial charge in [0.1, 0.15) is 5.75 Å². The van der Waals surface area contributed by atoms with Gasteiger partial charge in [0.05, 0.1) is 12.5 Å². The molecule has 6 nitrogen and oxygen atoms in total.